The number of nitrogens with zero attached hydrogens (tertiary/aromatic N) is 1. The van der Waals surface area contributed by atoms with E-state index in [9.17, 15) is 4.79 Å². The van der Waals surface area contributed by atoms with Crippen molar-refractivity contribution in [3.8, 4) is 6.07 Å². The van der Waals surface area contributed by atoms with Crippen LogP contribution < -0.4 is 0 Å². The normalized spacial score (nSPS) is 14.4. The van der Waals surface area contributed by atoms with Crippen molar-refractivity contribution >= 4 is 14.3 Å². The van der Waals surface area contributed by atoms with Gasteiger partial charge in [-0.1, -0.05) is 20.8 Å². The fourth-order valence-corrected chi connectivity index (χ4v) is 6.30. The fraction of sp³-hybridized carbons (Fsp3) is 0.875. The summed E-state index contributed by atoms with van der Waals surface area (Å²) in [4.78, 5) is 11.9. The Labute approximate surface area is 130 Å². The van der Waals surface area contributed by atoms with E-state index in [0.29, 0.717) is 0 Å². The van der Waals surface area contributed by atoms with E-state index in [0.717, 1.165) is 6.04 Å². The maximum atomic E-state index is 11.9. The summed E-state index contributed by atoms with van der Waals surface area (Å²) in [6, 6.07) is 3.09. The molecular weight excluding hydrogens is 282 g/mol. The molecule has 0 radical (unpaired) electrons. The number of carbonyl (C=O) groups excluding carboxylic acids is 1. The van der Waals surface area contributed by atoms with Gasteiger partial charge in [0.25, 0.3) is 0 Å². The van der Waals surface area contributed by atoms with E-state index in [1.807, 2.05) is 20.8 Å². The van der Waals surface area contributed by atoms with Crippen molar-refractivity contribution in [3.05, 3.63) is 0 Å². The van der Waals surface area contributed by atoms with Gasteiger partial charge in [0.1, 0.15) is 5.60 Å². The third kappa shape index (κ3) is 11.5. The molecule has 0 unspecified atom stereocenters. The first-order chi connectivity index (χ1) is 9.24. The van der Waals surface area contributed by atoms with Crippen molar-refractivity contribution in [2.75, 3.05) is 0 Å². The Kier molecular flexibility index (Phi) is 7.11. The summed E-state index contributed by atoms with van der Waals surface area (Å²) in [5.41, 5.74) is -0.328. The van der Waals surface area contributed by atoms with Crippen LogP contribution in [0.1, 0.15) is 54.4 Å². The van der Waals surface area contributed by atoms with Crippen molar-refractivity contribution in [1.29, 1.82) is 5.26 Å². The van der Waals surface area contributed by atoms with Crippen molar-refractivity contribution in [1.82, 2.24) is 0 Å². The maximum Gasteiger partial charge on any atom is 0.308 e. The maximum absolute atomic E-state index is 11.9. The summed E-state index contributed by atoms with van der Waals surface area (Å²) < 4.78 is 11.5. The number of hydrogen-bond acceptors (Lipinski definition) is 4. The van der Waals surface area contributed by atoms with E-state index in [2.05, 4.69) is 39.9 Å². The fourth-order valence-electron chi connectivity index (χ4n) is 2.60. The Balaban J connectivity index is 4.70. The molecule has 0 bridgehead atoms. The molecule has 0 amide bonds. The molecule has 0 aromatic heterocycles. The van der Waals surface area contributed by atoms with Gasteiger partial charge in [-0.3, -0.25) is 4.79 Å². The molecule has 21 heavy (non-hydrogen) atoms. The van der Waals surface area contributed by atoms with Gasteiger partial charge < -0.3 is 9.16 Å². The van der Waals surface area contributed by atoms with Crippen LogP contribution in [0.25, 0.3) is 0 Å². The van der Waals surface area contributed by atoms with E-state index in [1.54, 1.807) is 0 Å². The standard InChI is InChI=1S/C16H31NO3Si/c1-15(2,3)12-21(7,8)20-13(9-10-17)11-14(18)19-16(4,5)6/h13H,9,11-12H2,1-8H3/t13-/m1/s1. The third-order valence-electron chi connectivity index (χ3n) is 2.58. The van der Waals surface area contributed by atoms with Gasteiger partial charge in [0.05, 0.1) is 25.0 Å². The van der Waals surface area contributed by atoms with Gasteiger partial charge in [0.15, 0.2) is 8.32 Å². The Bertz CT molecular complexity index is 386. The Morgan fingerprint density at radius 3 is 2.10 bits per heavy atom. The first-order valence-corrected chi connectivity index (χ1v) is 10.6. The van der Waals surface area contributed by atoms with Crippen LogP contribution in [0.15, 0.2) is 0 Å². The van der Waals surface area contributed by atoms with Gasteiger partial charge in [-0.2, -0.15) is 5.26 Å². The smallest absolute Gasteiger partial charge is 0.308 e. The average Bonchev–Trinajstić information content (AvgIpc) is 2.08. The van der Waals surface area contributed by atoms with Crippen molar-refractivity contribution in [3.63, 3.8) is 0 Å². The quantitative estimate of drug-likeness (QED) is 0.543. The number of esters is 1. The van der Waals surface area contributed by atoms with Crippen LogP contribution in [-0.2, 0) is 14.0 Å². The topological polar surface area (TPSA) is 59.3 Å². The number of ether oxygens (including phenoxy) is 1. The van der Waals surface area contributed by atoms with Crippen molar-refractivity contribution in [2.24, 2.45) is 5.41 Å². The van der Waals surface area contributed by atoms with E-state index in [1.165, 1.54) is 0 Å². The van der Waals surface area contributed by atoms with Gasteiger partial charge in [0.2, 0.25) is 0 Å². The Hall–Kier alpha value is -0.863. The molecule has 0 N–H and O–H groups in total. The molecule has 0 heterocycles. The van der Waals surface area contributed by atoms with Gasteiger partial charge in [0, 0.05) is 0 Å². The van der Waals surface area contributed by atoms with Crippen molar-refractivity contribution in [2.45, 2.75) is 85.2 Å². The van der Waals surface area contributed by atoms with Gasteiger partial charge in [-0.05, 0) is 45.3 Å². The van der Waals surface area contributed by atoms with Crippen LogP contribution in [0.4, 0.5) is 0 Å². The molecule has 0 aromatic rings. The van der Waals surface area contributed by atoms with Gasteiger partial charge in [-0.25, -0.2) is 0 Å². The highest BCUT2D eigenvalue weighted by Gasteiger charge is 2.33. The lowest BCUT2D eigenvalue weighted by Crippen LogP contribution is -2.40. The van der Waals surface area contributed by atoms with E-state index in [-0.39, 0.29) is 30.3 Å². The van der Waals surface area contributed by atoms with E-state index in [4.69, 9.17) is 14.4 Å². The average molecular weight is 314 g/mol. The second kappa shape index (κ2) is 7.41. The molecule has 4 nitrogen and oxygen atoms in total. The highest BCUT2D eigenvalue weighted by atomic mass is 28.4. The predicted octanol–water partition coefficient (Wildman–Crippen LogP) is 4.27. The molecule has 0 aliphatic carbocycles. The minimum atomic E-state index is -1.92. The highest BCUT2D eigenvalue weighted by molar-refractivity contribution is 6.71. The summed E-state index contributed by atoms with van der Waals surface area (Å²) in [5.74, 6) is -0.302. The molecule has 122 valence electrons. The zero-order chi connectivity index (χ0) is 16.9. The second-order valence-electron chi connectivity index (χ2n) is 8.39. The van der Waals surface area contributed by atoms with Gasteiger partial charge >= 0.3 is 5.97 Å². The van der Waals surface area contributed by atoms with Crippen LogP contribution in [0.3, 0.4) is 0 Å². The van der Waals surface area contributed by atoms with Crippen LogP contribution in [-0.4, -0.2) is 26.0 Å². The zero-order valence-corrected chi connectivity index (χ0v) is 15.9. The minimum Gasteiger partial charge on any atom is -0.460 e. The van der Waals surface area contributed by atoms with Crippen LogP contribution in [0, 0.1) is 16.7 Å². The summed E-state index contributed by atoms with van der Waals surface area (Å²) in [6.07, 6.45) is -0.000502. The monoisotopic (exact) mass is 313 g/mol. The molecule has 0 fully saturated rings. The number of nitriles is 1. The first kappa shape index (κ1) is 20.1. The molecule has 0 saturated carbocycles. The van der Waals surface area contributed by atoms with Gasteiger partial charge in [-0.15, -0.1) is 0 Å². The molecule has 0 spiro atoms. The predicted molar refractivity (Wildman–Crippen MR) is 87.3 cm³/mol. The summed E-state index contributed by atoms with van der Waals surface area (Å²) >= 11 is 0. The minimum absolute atomic E-state index is 0.144. The number of hydrogen-bond donors (Lipinski definition) is 0. The molecule has 0 aliphatic heterocycles. The van der Waals surface area contributed by atoms with Crippen LogP contribution >= 0.6 is 0 Å². The van der Waals surface area contributed by atoms with E-state index >= 15 is 0 Å². The largest absolute Gasteiger partial charge is 0.460 e. The lowest BCUT2D eigenvalue weighted by atomic mass is 10.0. The molecule has 0 saturated heterocycles. The van der Waals surface area contributed by atoms with Crippen LogP contribution in [0.5, 0.6) is 0 Å². The molecule has 5 heteroatoms. The Morgan fingerprint density at radius 1 is 1.19 bits per heavy atom. The zero-order valence-electron chi connectivity index (χ0n) is 14.9. The SMILES string of the molecule is CC(C)(C)C[Si](C)(C)O[C@H](CC#N)CC(=O)OC(C)(C)C. The van der Waals surface area contributed by atoms with E-state index < -0.39 is 13.9 Å². The van der Waals surface area contributed by atoms with Crippen molar-refractivity contribution < 1.29 is 14.0 Å². The molecule has 0 rings (SSSR count). The Morgan fingerprint density at radius 2 is 1.71 bits per heavy atom. The number of rotatable bonds is 6. The number of carbonyl (C=O) groups is 1. The highest BCUT2D eigenvalue weighted by Crippen LogP contribution is 2.30. The third-order valence-corrected chi connectivity index (χ3v) is 5.46. The lowest BCUT2D eigenvalue weighted by molar-refractivity contribution is -0.156. The summed E-state index contributed by atoms with van der Waals surface area (Å²) in [6.45, 7) is 16.3. The summed E-state index contributed by atoms with van der Waals surface area (Å²) in [7, 11) is -1.92. The molecule has 0 aromatic carbocycles. The summed E-state index contributed by atoms with van der Waals surface area (Å²) in [5, 5.41) is 8.94. The van der Waals surface area contributed by atoms with Crippen LogP contribution in [0.2, 0.25) is 19.1 Å². The molecule has 1 atom stereocenters. The lowest BCUT2D eigenvalue weighted by Gasteiger charge is -2.33. The molecular formula is C16H31NO3Si. The first-order valence-electron chi connectivity index (χ1n) is 7.51. The second-order valence-corrected chi connectivity index (χ2v) is 12.5. The molecule has 0 aliphatic rings.